The third-order valence-electron chi connectivity index (χ3n) is 4.40. The summed E-state index contributed by atoms with van der Waals surface area (Å²) in [4.78, 5) is 12.1. The molecule has 1 aliphatic rings. The number of hydrogen-bond donors (Lipinski definition) is 0. The van der Waals surface area contributed by atoms with E-state index in [4.69, 9.17) is 10.00 Å². The SMILES string of the molecule is N#C/C(F)=C\CCC1CCC(OC(=O)c2ccc(OC(F)(F)F)cc2)CC1. The minimum atomic E-state index is -4.78. The smallest absolute Gasteiger partial charge is 0.459 e. The zero-order chi connectivity index (χ0) is 19.9. The summed E-state index contributed by atoms with van der Waals surface area (Å²) in [5, 5.41) is 8.35. The highest BCUT2D eigenvalue weighted by Gasteiger charge is 2.31. The molecule has 0 heterocycles. The van der Waals surface area contributed by atoms with Crippen molar-refractivity contribution in [3.05, 3.63) is 41.7 Å². The maximum atomic E-state index is 12.7. The zero-order valence-corrected chi connectivity index (χ0v) is 14.5. The lowest BCUT2D eigenvalue weighted by Crippen LogP contribution is -2.24. The number of carbonyl (C=O) groups excluding carboxylic acids is 1. The predicted octanol–water partition coefficient (Wildman–Crippen LogP) is 5.46. The van der Waals surface area contributed by atoms with E-state index in [0.717, 1.165) is 31.4 Å². The second-order valence-corrected chi connectivity index (χ2v) is 6.36. The van der Waals surface area contributed by atoms with Gasteiger partial charge in [0, 0.05) is 0 Å². The Balaban J connectivity index is 1.76. The Morgan fingerprint density at radius 3 is 2.37 bits per heavy atom. The molecule has 8 heteroatoms. The van der Waals surface area contributed by atoms with Crippen molar-refractivity contribution in [3.8, 4) is 11.8 Å². The van der Waals surface area contributed by atoms with Crippen molar-refractivity contribution < 1.29 is 31.8 Å². The van der Waals surface area contributed by atoms with Crippen LogP contribution in [0.15, 0.2) is 36.2 Å². The average molecular weight is 385 g/mol. The number of nitrogens with zero attached hydrogens (tertiary/aromatic N) is 1. The topological polar surface area (TPSA) is 59.3 Å². The number of carbonyl (C=O) groups is 1. The molecule has 2 rings (SSSR count). The largest absolute Gasteiger partial charge is 0.573 e. The van der Waals surface area contributed by atoms with E-state index in [9.17, 15) is 22.4 Å². The molecule has 27 heavy (non-hydrogen) atoms. The van der Waals surface area contributed by atoms with Crippen LogP contribution >= 0.6 is 0 Å². The Hall–Kier alpha value is -2.56. The van der Waals surface area contributed by atoms with Gasteiger partial charge >= 0.3 is 12.3 Å². The normalized spacial score (nSPS) is 20.6. The van der Waals surface area contributed by atoms with Gasteiger partial charge in [0.05, 0.1) is 5.56 Å². The molecular formula is C19H19F4NO3. The van der Waals surface area contributed by atoms with Gasteiger partial charge in [0.1, 0.15) is 17.9 Å². The first-order chi connectivity index (χ1) is 12.8. The molecule has 1 aliphatic carbocycles. The Kier molecular flexibility index (Phi) is 7.22. The second kappa shape index (κ2) is 9.40. The number of rotatable bonds is 6. The molecule has 0 unspecified atom stereocenters. The first-order valence-electron chi connectivity index (χ1n) is 8.59. The van der Waals surface area contributed by atoms with E-state index in [0.29, 0.717) is 25.2 Å². The molecule has 0 bridgehead atoms. The van der Waals surface area contributed by atoms with Gasteiger partial charge in [0.15, 0.2) is 5.83 Å². The Labute approximate surface area is 154 Å². The van der Waals surface area contributed by atoms with Gasteiger partial charge < -0.3 is 9.47 Å². The van der Waals surface area contributed by atoms with Gasteiger partial charge in [-0.3, -0.25) is 0 Å². The Bertz CT molecular complexity index is 699. The summed E-state index contributed by atoms with van der Waals surface area (Å²) in [5.41, 5.74) is 0.156. The van der Waals surface area contributed by atoms with Gasteiger partial charge in [0.2, 0.25) is 0 Å². The molecular weight excluding hydrogens is 366 g/mol. The van der Waals surface area contributed by atoms with Crippen molar-refractivity contribution in [2.24, 2.45) is 5.92 Å². The van der Waals surface area contributed by atoms with Gasteiger partial charge in [-0.25, -0.2) is 4.79 Å². The molecule has 0 spiro atoms. The van der Waals surface area contributed by atoms with Crippen LogP contribution in [0.5, 0.6) is 5.75 Å². The predicted molar refractivity (Wildman–Crippen MR) is 88.3 cm³/mol. The maximum absolute atomic E-state index is 12.7. The lowest BCUT2D eigenvalue weighted by Gasteiger charge is -2.28. The van der Waals surface area contributed by atoms with Crippen LogP contribution in [0.1, 0.15) is 48.9 Å². The fourth-order valence-electron chi connectivity index (χ4n) is 3.04. The molecule has 1 aromatic carbocycles. The van der Waals surface area contributed by atoms with Crippen molar-refractivity contribution in [2.75, 3.05) is 0 Å². The van der Waals surface area contributed by atoms with E-state index in [-0.39, 0.29) is 11.7 Å². The molecule has 1 fully saturated rings. The molecule has 1 aromatic rings. The van der Waals surface area contributed by atoms with Crippen LogP contribution in [0, 0.1) is 17.2 Å². The van der Waals surface area contributed by atoms with Gasteiger partial charge in [-0.15, -0.1) is 13.2 Å². The standard InChI is InChI=1S/C19H19F4NO3/c20-15(12-24)3-1-2-13-4-8-16(9-5-13)26-18(25)14-6-10-17(11-7-14)27-19(21,22)23/h3,6-7,10-11,13,16H,1-2,4-5,8-9H2/b15-3+. The van der Waals surface area contributed by atoms with Gasteiger partial charge in [0.25, 0.3) is 0 Å². The summed E-state index contributed by atoms with van der Waals surface area (Å²) in [6.07, 6.45) is 0.543. The van der Waals surface area contributed by atoms with Crippen molar-refractivity contribution in [1.82, 2.24) is 0 Å². The third-order valence-corrected chi connectivity index (χ3v) is 4.40. The quantitative estimate of drug-likeness (QED) is 0.371. The van der Waals surface area contributed by atoms with Crippen molar-refractivity contribution in [1.29, 1.82) is 5.26 Å². The number of halogens is 4. The third kappa shape index (κ3) is 7.29. The lowest BCUT2D eigenvalue weighted by atomic mass is 9.84. The van der Waals surface area contributed by atoms with E-state index >= 15 is 0 Å². The summed E-state index contributed by atoms with van der Waals surface area (Å²) in [6, 6.07) is 6.02. The molecule has 146 valence electrons. The Morgan fingerprint density at radius 2 is 1.81 bits per heavy atom. The number of alkyl halides is 3. The summed E-state index contributed by atoms with van der Waals surface area (Å²) >= 11 is 0. The van der Waals surface area contributed by atoms with Crippen LogP contribution < -0.4 is 4.74 Å². The van der Waals surface area contributed by atoms with Gasteiger partial charge in [-0.05, 0) is 74.8 Å². The zero-order valence-electron chi connectivity index (χ0n) is 14.5. The molecule has 0 radical (unpaired) electrons. The molecule has 0 aromatic heterocycles. The highest BCUT2D eigenvalue weighted by Crippen LogP contribution is 2.30. The van der Waals surface area contributed by atoms with Crippen LogP contribution in [-0.2, 0) is 4.74 Å². The van der Waals surface area contributed by atoms with Gasteiger partial charge in [-0.1, -0.05) is 0 Å². The van der Waals surface area contributed by atoms with Crippen LogP contribution in [-0.4, -0.2) is 18.4 Å². The van der Waals surface area contributed by atoms with Crippen LogP contribution in [0.2, 0.25) is 0 Å². The van der Waals surface area contributed by atoms with E-state index < -0.39 is 23.9 Å². The number of ether oxygens (including phenoxy) is 2. The highest BCUT2D eigenvalue weighted by atomic mass is 19.4. The minimum absolute atomic E-state index is 0.156. The molecule has 0 N–H and O–H groups in total. The van der Waals surface area contributed by atoms with E-state index in [2.05, 4.69) is 4.74 Å². The fourth-order valence-corrected chi connectivity index (χ4v) is 3.04. The van der Waals surface area contributed by atoms with Crippen molar-refractivity contribution >= 4 is 5.97 Å². The van der Waals surface area contributed by atoms with Crippen LogP contribution in [0.25, 0.3) is 0 Å². The number of benzene rings is 1. The summed E-state index contributed by atoms with van der Waals surface area (Å²) in [7, 11) is 0. The minimum Gasteiger partial charge on any atom is -0.459 e. The lowest BCUT2D eigenvalue weighted by molar-refractivity contribution is -0.274. The highest BCUT2D eigenvalue weighted by molar-refractivity contribution is 5.89. The fraction of sp³-hybridized carbons (Fsp3) is 0.474. The van der Waals surface area contributed by atoms with E-state index in [1.807, 2.05) is 0 Å². The molecule has 4 nitrogen and oxygen atoms in total. The molecule has 0 saturated heterocycles. The summed E-state index contributed by atoms with van der Waals surface area (Å²) in [6.45, 7) is 0. The maximum Gasteiger partial charge on any atom is 0.573 e. The van der Waals surface area contributed by atoms with Crippen molar-refractivity contribution in [3.63, 3.8) is 0 Å². The van der Waals surface area contributed by atoms with Crippen LogP contribution in [0.4, 0.5) is 17.6 Å². The second-order valence-electron chi connectivity index (χ2n) is 6.36. The van der Waals surface area contributed by atoms with Crippen LogP contribution in [0.3, 0.4) is 0 Å². The first kappa shape index (κ1) is 20.7. The molecule has 1 saturated carbocycles. The molecule has 0 atom stereocenters. The number of hydrogen-bond acceptors (Lipinski definition) is 4. The van der Waals surface area contributed by atoms with Gasteiger partial charge in [-0.2, -0.15) is 9.65 Å². The van der Waals surface area contributed by atoms with E-state index in [1.54, 1.807) is 0 Å². The van der Waals surface area contributed by atoms with E-state index in [1.165, 1.54) is 24.3 Å². The first-order valence-corrected chi connectivity index (χ1v) is 8.59. The molecule has 0 aliphatic heterocycles. The molecule has 0 amide bonds. The average Bonchev–Trinajstić information content (AvgIpc) is 2.62. The van der Waals surface area contributed by atoms with Crippen molar-refractivity contribution in [2.45, 2.75) is 51.0 Å². The Morgan fingerprint density at radius 1 is 1.19 bits per heavy atom. The summed E-state index contributed by atoms with van der Waals surface area (Å²) < 4.78 is 58.3. The monoisotopic (exact) mass is 385 g/mol. The summed E-state index contributed by atoms with van der Waals surface area (Å²) in [5.74, 6) is -1.37. The number of allylic oxidation sites excluding steroid dienone is 2. The number of esters is 1. The number of nitriles is 1.